The van der Waals surface area contributed by atoms with Crippen molar-refractivity contribution in [1.82, 2.24) is 14.7 Å². The maximum absolute atomic E-state index is 13.6. The lowest BCUT2D eigenvalue weighted by atomic mass is 9.92. The molecule has 1 N–H and O–H groups in total. The molecule has 0 spiro atoms. The SMILES string of the molecule is COc1ccc(-n2nc(C(C)(C)C)cc2NC(=O)CN(C(=O)c2cccc(F)c2)C(C)C)cc1. The van der Waals surface area contributed by atoms with E-state index in [4.69, 9.17) is 9.84 Å². The summed E-state index contributed by atoms with van der Waals surface area (Å²) in [4.78, 5) is 27.4. The van der Waals surface area contributed by atoms with E-state index in [0.717, 1.165) is 11.4 Å². The van der Waals surface area contributed by atoms with Crippen molar-refractivity contribution in [1.29, 1.82) is 0 Å². The Kier molecular flexibility index (Phi) is 7.39. The molecule has 7 nitrogen and oxygen atoms in total. The van der Waals surface area contributed by atoms with Crippen LogP contribution in [0.2, 0.25) is 0 Å². The highest BCUT2D eigenvalue weighted by atomic mass is 19.1. The van der Waals surface area contributed by atoms with E-state index in [1.165, 1.54) is 29.2 Å². The fourth-order valence-corrected chi connectivity index (χ4v) is 3.37. The molecule has 0 saturated heterocycles. The van der Waals surface area contributed by atoms with Crippen LogP contribution in [0.25, 0.3) is 5.69 Å². The second kappa shape index (κ2) is 10.1. The molecular formula is C26H31FN4O3. The van der Waals surface area contributed by atoms with Crippen molar-refractivity contribution in [2.75, 3.05) is 19.0 Å². The highest BCUT2D eigenvalue weighted by Crippen LogP contribution is 2.27. The van der Waals surface area contributed by atoms with Crippen molar-refractivity contribution >= 4 is 17.6 Å². The fourth-order valence-electron chi connectivity index (χ4n) is 3.37. The van der Waals surface area contributed by atoms with E-state index in [2.05, 4.69) is 5.32 Å². The standard InChI is InChI=1S/C26H31FN4O3/c1-17(2)30(25(33)18-8-7-9-19(27)14-18)16-24(32)28-23-15-22(26(3,4)5)29-31(23)20-10-12-21(34-6)13-11-20/h7-15,17H,16H2,1-6H3,(H,28,32). The number of nitrogens with zero attached hydrogens (tertiary/aromatic N) is 3. The summed E-state index contributed by atoms with van der Waals surface area (Å²) in [6, 6.07) is 14.4. The molecule has 0 atom stereocenters. The van der Waals surface area contributed by atoms with Crippen LogP contribution in [0.3, 0.4) is 0 Å². The number of benzene rings is 2. The first-order valence-corrected chi connectivity index (χ1v) is 11.1. The molecule has 3 rings (SSSR count). The van der Waals surface area contributed by atoms with Crippen LogP contribution in [0, 0.1) is 5.82 Å². The second-order valence-corrected chi connectivity index (χ2v) is 9.36. The van der Waals surface area contributed by atoms with E-state index in [1.54, 1.807) is 11.8 Å². The summed E-state index contributed by atoms with van der Waals surface area (Å²) in [6.07, 6.45) is 0. The zero-order valence-corrected chi connectivity index (χ0v) is 20.4. The predicted molar refractivity (Wildman–Crippen MR) is 130 cm³/mol. The Hall–Kier alpha value is -3.68. The summed E-state index contributed by atoms with van der Waals surface area (Å²) in [5.41, 5.74) is 1.51. The third-order valence-corrected chi connectivity index (χ3v) is 5.33. The minimum absolute atomic E-state index is 0.189. The van der Waals surface area contributed by atoms with Gasteiger partial charge in [0.05, 0.1) is 18.5 Å². The maximum atomic E-state index is 13.6. The molecule has 1 aromatic heterocycles. The van der Waals surface area contributed by atoms with Gasteiger partial charge in [-0.15, -0.1) is 0 Å². The Bertz CT molecular complexity index is 1160. The van der Waals surface area contributed by atoms with Crippen LogP contribution in [-0.2, 0) is 10.2 Å². The highest BCUT2D eigenvalue weighted by Gasteiger charge is 2.25. The Morgan fingerprint density at radius 3 is 2.35 bits per heavy atom. The number of rotatable bonds is 7. The maximum Gasteiger partial charge on any atom is 0.254 e. The molecule has 8 heteroatoms. The van der Waals surface area contributed by atoms with Gasteiger partial charge in [0.2, 0.25) is 5.91 Å². The lowest BCUT2D eigenvalue weighted by molar-refractivity contribution is -0.117. The first-order chi connectivity index (χ1) is 16.0. The number of nitrogens with one attached hydrogen (secondary N) is 1. The van der Waals surface area contributed by atoms with Crippen LogP contribution < -0.4 is 10.1 Å². The molecule has 0 aliphatic carbocycles. The normalized spacial score (nSPS) is 11.4. The van der Waals surface area contributed by atoms with Crippen molar-refractivity contribution in [2.45, 2.75) is 46.1 Å². The molecule has 0 unspecified atom stereocenters. The third kappa shape index (κ3) is 5.81. The molecular weight excluding hydrogens is 435 g/mol. The number of halogens is 1. The minimum Gasteiger partial charge on any atom is -0.497 e. The van der Waals surface area contributed by atoms with Crippen molar-refractivity contribution in [3.8, 4) is 11.4 Å². The number of aromatic nitrogens is 2. The number of hydrogen-bond donors (Lipinski definition) is 1. The van der Waals surface area contributed by atoms with Crippen LogP contribution in [0.4, 0.5) is 10.2 Å². The molecule has 2 amide bonds. The summed E-state index contributed by atoms with van der Waals surface area (Å²) in [5, 5.41) is 7.60. The molecule has 0 bridgehead atoms. The smallest absolute Gasteiger partial charge is 0.254 e. The molecule has 180 valence electrons. The van der Waals surface area contributed by atoms with Gasteiger partial charge < -0.3 is 15.0 Å². The van der Waals surface area contributed by atoms with Gasteiger partial charge in [0.25, 0.3) is 5.91 Å². The van der Waals surface area contributed by atoms with Crippen molar-refractivity contribution in [3.05, 3.63) is 71.7 Å². The number of hydrogen-bond acceptors (Lipinski definition) is 4. The van der Waals surface area contributed by atoms with Gasteiger partial charge in [-0.25, -0.2) is 9.07 Å². The number of amides is 2. The second-order valence-electron chi connectivity index (χ2n) is 9.36. The Balaban J connectivity index is 1.87. The predicted octanol–water partition coefficient (Wildman–Crippen LogP) is 4.81. The Morgan fingerprint density at radius 1 is 1.12 bits per heavy atom. The van der Waals surface area contributed by atoms with Crippen LogP contribution in [0.1, 0.15) is 50.7 Å². The van der Waals surface area contributed by atoms with E-state index < -0.39 is 11.7 Å². The minimum atomic E-state index is -0.503. The molecule has 0 aliphatic rings. The number of carbonyl (C=O) groups excluding carboxylic acids is 2. The van der Waals surface area contributed by atoms with Gasteiger partial charge in [-0.05, 0) is 56.3 Å². The summed E-state index contributed by atoms with van der Waals surface area (Å²) < 4.78 is 20.5. The zero-order valence-electron chi connectivity index (χ0n) is 20.4. The number of carbonyl (C=O) groups is 2. The van der Waals surface area contributed by atoms with Crippen LogP contribution in [-0.4, -0.2) is 46.2 Å². The number of methoxy groups -OCH3 is 1. The monoisotopic (exact) mass is 466 g/mol. The molecule has 0 aliphatic heterocycles. The molecule has 1 heterocycles. The van der Waals surface area contributed by atoms with E-state index in [-0.39, 0.29) is 29.5 Å². The number of anilines is 1. The Labute approximate surface area is 199 Å². The number of ether oxygens (including phenoxy) is 1. The molecule has 2 aromatic carbocycles. The van der Waals surface area contributed by atoms with E-state index in [9.17, 15) is 14.0 Å². The topological polar surface area (TPSA) is 76.5 Å². The van der Waals surface area contributed by atoms with Crippen LogP contribution in [0.15, 0.2) is 54.6 Å². The molecule has 0 radical (unpaired) electrons. The van der Waals surface area contributed by atoms with Crippen molar-refractivity contribution in [2.24, 2.45) is 0 Å². The van der Waals surface area contributed by atoms with Gasteiger partial charge in [-0.3, -0.25) is 9.59 Å². The average Bonchev–Trinajstić information content (AvgIpc) is 3.21. The van der Waals surface area contributed by atoms with Crippen LogP contribution >= 0.6 is 0 Å². The van der Waals surface area contributed by atoms with Gasteiger partial charge in [0.1, 0.15) is 23.9 Å². The van der Waals surface area contributed by atoms with Crippen LogP contribution in [0.5, 0.6) is 5.75 Å². The first kappa shape index (κ1) is 25.0. The zero-order chi connectivity index (χ0) is 25.0. The van der Waals surface area contributed by atoms with Gasteiger partial charge in [-0.1, -0.05) is 26.8 Å². The van der Waals surface area contributed by atoms with Gasteiger partial charge >= 0.3 is 0 Å². The van der Waals surface area contributed by atoms with Crippen molar-refractivity contribution < 1.29 is 18.7 Å². The molecule has 34 heavy (non-hydrogen) atoms. The summed E-state index contributed by atoms with van der Waals surface area (Å²) in [6.45, 7) is 9.55. The van der Waals surface area contributed by atoms with Gasteiger partial charge in [-0.2, -0.15) is 5.10 Å². The van der Waals surface area contributed by atoms with Crippen molar-refractivity contribution in [3.63, 3.8) is 0 Å². The Morgan fingerprint density at radius 2 is 1.79 bits per heavy atom. The lowest BCUT2D eigenvalue weighted by Gasteiger charge is -2.26. The fraction of sp³-hybridized carbons (Fsp3) is 0.346. The quantitative estimate of drug-likeness (QED) is 0.542. The van der Waals surface area contributed by atoms with Gasteiger partial charge in [0.15, 0.2) is 0 Å². The highest BCUT2D eigenvalue weighted by molar-refractivity contribution is 5.99. The first-order valence-electron chi connectivity index (χ1n) is 11.1. The van der Waals surface area contributed by atoms with E-state index >= 15 is 0 Å². The largest absolute Gasteiger partial charge is 0.497 e. The molecule has 3 aromatic rings. The van der Waals surface area contributed by atoms with E-state index in [0.29, 0.717) is 11.6 Å². The molecule has 0 saturated carbocycles. The summed E-state index contributed by atoms with van der Waals surface area (Å²) >= 11 is 0. The van der Waals surface area contributed by atoms with E-state index in [1.807, 2.05) is 65.0 Å². The lowest BCUT2D eigenvalue weighted by Crippen LogP contribution is -2.42. The summed E-state index contributed by atoms with van der Waals surface area (Å²) in [7, 11) is 1.60. The molecule has 0 fully saturated rings. The average molecular weight is 467 g/mol. The third-order valence-electron chi connectivity index (χ3n) is 5.33. The summed E-state index contributed by atoms with van der Waals surface area (Å²) in [5.74, 6) is -0.0997. The van der Waals surface area contributed by atoms with Gasteiger partial charge in [0, 0.05) is 23.1 Å².